The smallest absolute Gasteiger partial charge is 0.123 e. The second-order valence-corrected chi connectivity index (χ2v) is 6.68. The van der Waals surface area contributed by atoms with Crippen molar-refractivity contribution in [2.75, 3.05) is 19.6 Å². The summed E-state index contributed by atoms with van der Waals surface area (Å²) in [7, 11) is 0. The van der Waals surface area contributed by atoms with Crippen molar-refractivity contribution in [3.05, 3.63) is 35.6 Å². The molecule has 1 aromatic rings. The minimum absolute atomic E-state index is 0.110. The number of hydrogen-bond acceptors (Lipinski definition) is 2. The van der Waals surface area contributed by atoms with Crippen molar-refractivity contribution >= 4 is 0 Å². The summed E-state index contributed by atoms with van der Waals surface area (Å²) in [6.45, 7) is 5.50. The Morgan fingerprint density at radius 3 is 2.71 bits per heavy atom. The average molecular weight is 290 g/mol. The van der Waals surface area contributed by atoms with E-state index in [0.717, 1.165) is 31.6 Å². The number of nitrogens with zero attached hydrogens (tertiary/aromatic N) is 1. The van der Waals surface area contributed by atoms with Gasteiger partial charge in [0.15, 0.2) is 0 Å². The first-order valence-electron chi connectivity index (χ1n) is 8.48. The number of nitrogens with one attached hydrogen (secondary N) is 1. The van der Waals surface area contributed by atoms with Gasteiger partial charge in [0.2, 0.25) is 0 Å². The fourth-order valence-electron chi connectivity index (χ4n) is 4.00. The zero-order valence-corrected chi connectivity index (χ0v) is 13.0. The molecule has 1 aromatic carbocycles. The van der Waals surface area contributed by atoms with Crippen molar-refractivity contribution in [2.24, 2.45) is 0 Å². The summed E-state index contributed by atoms with van der Waals surface area (Å²) >= 11 is 0. The molecule has 1 heterocycles. The molecule has 0 spiro atoms. The summed E-state index contributed by atoms with van der Waals surface area (Å²) in [6, 6.07) is 8.44. The van der Waals surface area contributed by atoms with E-state index in [2.05, 4.69) is 23.2 Å². The average Bonchev–Trinajstić information content (AvgIpc) is 3.00. The minimum atomic E-state index is -0.110. The van der Waals surface area contributed by atoms with Crippen LogP contribution >= 0.6 is 0 Å². The van der Waals surface area contributed by atoms with E-state index in [0.29, 0.717) is 18.0 Å². The molecule has 0 radical (unpaired) electrons. The summed E-state index contributed by atoms with van der Waals surface area (Å²) in [4.78, 5) is 2.51. The molecule has 2 atom stereocenters. The fraction of sp³-hybridized carbons (Fsp3) is 0.667. The van der Waals surface area contributed by atoms with Crippen molar-refractivity contribution in [3.63, 3.8) is 0 Å². The lowest BCUT2D eigenvalue weighted by Gasteiger charge is -2.39. The third-order valence-corrected chi connectivity index (χ3v) is 5.12. The van der Waals surface area contributed by atoms with Crippen molar-refractivity contribution in [2.45, 2.75) is 57.0 Å². The van der Waals surface area contributed by atoms with Crippen LogP contribution in [0.2, 0.25) is 0 Å². The van der Waals surface area contributed by atoms with Crippen molar-refractivity contribution in [1.29, 1.82) is 0 Å². The van der Waals surface area contributed by atoms with Crippen LogP contribution in [-0.4, -0.2) is 36.6 Å². The molecule has 116 valence electrons. The Labute approximate surface area is 127 Å². The van der Waals surface area contributed by atoms with Crippen LogP contribution in [0.25, 0.3) is 0 Å². The summed E-state index contributed by atoms with van der Waals surface area (Å²) in [6.07, 6.45) is 6.53. The number of benzene rings is 1. The van der Waals surface area contributed by atoms with E-state index in [-0.39, 0.29) is 5.82 Å². The maximum Gasteiger partial charge on any atom is 0.123 e. The molecular weight excluding hydrogens is 263 g/mol. The molecule has 3 rings (SSSR count). The van der Waals surface area contributed by atoms with Crippen LogP contribution in [-0.2, 0) is 0 Å². The van der Waals surface area contributed by atoms with E-state index in [4.69, 9.17) is 0 Å². The molecule has 2 nitrogen and oxygen atoms in total. The van der Waals surface area contributed by atoms with Gasteiger partial charge in [-0.2, -0.15) is 0 Å². The monoisotopic (exact) mass is 290 g/mol. The van der Waals surface area contributed by atoms with Crippen LogP contribution < -0.4 is 5.32 Å². The SMILES string of the molecule is CCN1CC(NC2CCCC2)CC(c2cccc(F)c2)C1. The van der Waals surface area contributed by atoms with E-state index >= 15 is 0 Å². The topological polar surface area (TPSA) is 15.3 Å². The number of rotatable bonds is 4. The molecule has 2 fully saturated rings. The minimum Gasteiger partial charge on any atom is -0.310 e. The normalized spacial score (nSPS) is 28.1. The molecule has 0 bridgehead atoms. The van der Waals surface area contributed by atoms with Crippen LogP contribution in [0.5, 0.6) is 0 Å². The van der Waals surface area contributed by atoms with Crippen molar-refractivity contribution in [1.82, 2.24) is 10.2 Å². The predicted molar refractivity (Wildman–Crippen MR) is 85.1 cm³/mol. The van der Waals surface area contributed by atoms with Crippen LogP contribution in [0.3, 0.4) is 0 Å². The molecule has 2 unspecified atom stereocenters. The van der Waals surface area contributed by atoms with Gasteiger partial charge in [0.1, 0.15) is 5.82 Å². The zero-order chi connectivity index (χ0) is 14.7. The molecule has 1 N–H and O–H groups in total. The van der Waals surface area contributed by atoms with Crippen LogP contribution in [0, 0.1) is 5.82 Å². The maximum absolute atomic E-state index is 13.5. The highest BCUT2D eigenvalue weighted by atomic mass is 19.1. The maximum atomic E-state index is 13.5. The molecule has 3 heteroatoms. The molecule has 1 saturated carbocycles. The number of piperidine rings is 1. The van der Waals surface area contributed by atoms with Gasteiger partial charge in [0, 0.05) is 25.2 Å². The number of likely N-dealkylation sites (tertiary alicyclic amines) is 1. The van der Waals surface area contributed by atoms with Gasteiger partial charge in [-0.1, -0.05) is 31.9 Å². The van der Waals surface area contributed by atoms with E-state index in [1.54, 1.807) is 6.07 Å². The molecule has 1 aliphatic heterocycles. The van der Waals surface area contributed by atoms with E-state index < -0.39 is 0 Å². The third-order valence-electron chi connectivity index (χ3n) is 5.12. The Hall–Kier alpha value is -0.930. The summed E-state index contributed by atoms with van der Waals surface area (Å²) in [5, 5.41) is 3.86. The van der Waals surface area contributed by atoms with Gasteiger partial charge in [-0.25, -0.2) is 4.39 Å². The molecule has 21 heavy (non-hydrogen) atoms. The Bertz CT molecular complexity index is 456. The molecule has 2 aliphatic rings. The van der Waals surface area contributed by atoms with E-state index in [1.807, 2.05) is 6.07 Å². The van der Waals surface area contributed by atoms with Crippen LogP contribution in [0.15, 0.2) is 24.3 Å². The number of hydrogen-bond donors (Lipinski definition) is 1. The Balaban J connectivity index is 1.68. The third kappa shape index (κ3) is 3.83. The lowest BCUT2D eigenvalue weighted by atomic mass is 9.87. The number of likely N-dealkylation sites (N-methyl/N-ethyl adjacent to an activating group) is 1. The first kappa shape index (κ1) is 15.0. The highest BCUT2D eigenvalue weighted by molar-refractivity contribution is 5.22. The highest BCUT2D eigenvalue weighted by Crippen LogP contribution is 2.29. The van der Waals surface area contributed by atoms with Gasteiger partial charge in [0.05, 0.1) is 0 Å². The van der Waals surface area contributed by atoms with Gasteiger partial charge in [0.25, 0.3) is 0 Å². The lowest BCUT2D eigenvalue weighted by molar-refractivity contribution is 0.171. The molecule has 1 saturated heterocycles. The second kappa shape index (κ2) is 6.89. The van der Waals surface area contributed by atoms with Gasteiger partial charge < -0.3 is 10.2 Å². The first-order chi connectivity index (χ1) is 10.2. The summed E-state index contributed by atoms with van der Waals surface area (Å²) in [5.41, 5.74) is 1.16. The van der Waals surface area contributed by atoms with Crippen LogP contribution in [0.4, 0.5) is 4.39 Å². The van der Waals surface area contributed by atoms with Crippen molar-refractivity contribution in [3.8, 4) is 0 Å². The van der Waals surface area contributed by atoms with Crippen molar-refractivity contribution < 1.29 is 4.39 Å². The standard InChI is InChI=1S/C18H27FN2/c1-2-21-12-15(14-6-5-7-16(19)10-14)11-18(13-21)20-17-8-3-4-9-17/h5-7,10,15,17-18,20H,2-4,8-9,11-13H2,1H3. The Kier molecular flexibility index (Phi) is 4.91. The Morgan fingerprint density at radius 2 is 2.00 bits per heavy atom. The van der Waals surface area contributed by atoms with E-state index in [9.17, 15) is 4.39 Å². The predicted octanol–water partition coefficient (Wildman–Crippen LogP) is 3.54. The molecule has 0 amide bonds. The van der Waals surface area contributed by atoms with Gasteiger partial charge in [-0.3, -0.25) is 0 Å². The highest BCUT2D eigenvalue weighted by Gasteiger charge is 2.29. The number of halogens is 1. The summed E-state index contributed by atoms with van der Waals surface area (Å²) in [5.74, 6) is 0.342. The van der Waals surface area contributed by atoms with Crippen LogP contribution in [0.1, 0.15) is 50.5 Å². The largest absolute Gasteiger partial charge is 0.310 e. The molecule has 0 aromatic heterocycles. The molecular formula is C18H27FN2. The Morgan fingerprint density at radius 1 is 1.19 bits per heavy atom. The quantitative estimate of drug-likeness (QED) is 0.912. The van der Waals surface area contributed by atoms with E-state index in [1.165, 1.54) is 31.7 Å². The second-order valence-electron chi connectivity index (χ2n) is 6.68. The lowest BCUT2D eigenvalue weighted by Crippen LogP contribution is -2.50. The first-order valence-corrected chi connectivity index (χ1v) is 8.48. The zero-order valence-electron chi connectivity index (χ0n) is 13.0. The molecule has 1 aliphatic carbocycles. The summed E-state index contributed by atoms with van der Waals surface area (Å²) < 4.78 is 13.5. The fourth-order valence-corrected chi connectivity index (χ4v) is 4.00. The van der Waals surface area contributed by atoms with Gasteiger partial charge in [-0.15, -0.1) is 0 Å². The van der Waals surface area contributed by atoms with Gasteiger partial charge >= 0.3 is 0 Å². The van der Waals surface area contributed by atoms with Gasteiger partial charge in [-0.05, 0) is 49.4 Å².